The van der Waals surface area contributed by atoms with Crippen LogP contribution in [0.4, 0.5) is 23.0 Å². The lowest BCUT2D eigenvalue weighted by atomic mass is 10.1. The maximum Gasteiger partial charge on any atom is 0.169 e. The number of nitrogens with zero attached hydrogens (tertiary/aromatic N) is 3. The molecule has 0 saturated heterocycles. The lowest BCUT2D eigenvalue weighted by Crippen LogP contribution is -2.40. The Bertz CT molecular complexity index is 591. The van der Waals surface area contributed by atoms with Crippen molar-refractivity contribution in [2.24, 2.45) is 0 Å². The minimum Gasteiger partial charge on any atom is -0.393 e. The molecule has 21 heavy (non-hydrogen) atoms. The Morgan fingerprint density at radius 1 is 1.10 bits per heavy atom. The van der Waals surface area contributed by atoms with Gasteiger partial charge >= 0.3 is 0 Å². The summed E-state index contributed by atoms with van der Waals surface area (Å²) in [5.74, 6) is 1.23. The highest BCUT2D eigenvalue weighted by Gasteiger charge is 2.15. The molecule has 0 fully saturated rings. The number of para-hydroxylation sites is 1. The number of benzene rings is 1. The van der Waals surface area contributed by atoms with E-state index in [9.17, 15) is 0 Å². The van der Waals surface area contributed by atoms with E-state index >= 15 is 0 Å². The highest BCUT2D eigenvalue weighted by molar-refractivity contribution is 5.78. The first kappa shape index (κ1) is 15.1. The van der Waals surface area contributed by atoms with Gasteiger partial charge in [-0.15, -0.1) is 0 Å². The first-order valence-corrected chi connectivity index (χ1v) is 6.81. The van der Waals surface area contributed by atoms with Crippen LogP contribution in [0.5, 0.6) is 0 Å². The van der Waals surface area contributed by atoms with Crippen molar-refractivity contribution in [1.82, 2.24) is 15.4 Å². The van der Waals surface area contributed by atoms with E-state index in [0.717, 1.165) is 5.69 Å². The average molecular weight is 286 g/mol. The molecule has 0 radical (unpaired) electrons. The van der Waals surface area contributed by atoms with E-state index in [-0.39, 0.29) is 5.54 Å². The van der Waals surface area contributed by atoms with E-state index in [1.54, 1.807) is 0 Å². The van der Waals surface area contributed by atoms with Crippen LogP contribution in [0.1, 0.15) is 20.8 Å². The topological polar surface area (TPSA) is 79.1 Å². The van der Waals surface area contributed by atoms with Gasteiger partial charge in [0.05, 0.1) is 0 Å². The Labute approximate surface area is 125 Å². The largest absolute Gasteiger partial charge is 0.393 e. The summed E-state index contributed by atoms with van der Waals surface area (Å²) in [5.41, 5.74) is 13.8. The molecule has 1 heterocycles. The van der Waals surface area contributed by atoms with Crippen LogP contribution in [0, 0.1) is 0 Å². The van der Waals surface area contributed by atoms with E-state index in [1.807, 2.05) is 63.1 Å². The average Bonchev–Trinajstić information content (AvgIpc) is 2.45. The van der Waals surface area contributed by atoms with Crippen molar-refractivity contribution in [3.63, 3.8) is 0 Å². The van der Waals surface area contributed by atoms with Crippen LogP contribution in [-0.4, -0.2) is 22.6 Å². The zero-order valence-corrected chi connectivity index (χ0v) is 12.9. The first-order chi connectivity index (χ1) is 9.88. The molecule has 0 amide bonds. The lowest BCUT2D eigenvalue weighted by Gasteiger charge is -2.24. The third kappa shape index (κ3) is 3.82. The Balaban J connectivity index is 2.25. The van der Waals surface area contributed by atoms with Crippen LogP contribution in [-0.2, 0) is 0 Å². The maximum atomic E-state index is 6.18. The minimum absolute atomic E-state index is 0.0944. The van der Waals surface area contributed by atoms with Gasteiger partial charge in [-0.05, 0) is 32.9 Å². The number of nitrogen functional groups attached to an aromatic ring is 1. The van der Waals surface area contributed by atoms with Gasteiger partial charge in [-0.25, -0.2) is 15.4 Å². The molecule has 4 N–H and O–H groups in total. The van der Waals surface area contributed by atoms with Gasteiger partial charge < -0.3 is 16.1 Å². The van der Waals surface area contributed by atoms with Crippen molar-refractivity contribution >= 4 is 23.0 Å². The SMILES string of the molecule is CN(c1ccccc1)c1ncnc(NNC(C)(C)C)c1N. The van der Waals surface area contributed by atoms with E-state index < -0.39 is 0 Å². The smallest absolute Gasteiger partial charge is 0.169 e. The van der Waals surface area contributed by atoms with Gasteiger partial charge in [-0.1, -0.05) is 18.2 Å². The Morgan fingerprint density at radius 2 is 1.76 bits per heavy atom. The third-order valence-electron chi connectivity index (χ3n) is 2.88. The summed E-state index contributed by atoms with van der Waals surface area (Å²) in [5, 5.41) is 0. The highest BCUT2D eigenvalue weighted by Crippen LogP contribution is 2.29. The molecule has 6 nitrogen and oxygen atoms in total. The molecular weight excluding hydrogens is 264 g/mol. The quantitative estimate of drug-likeness (QED) is 0.750. The van der Waals surface area contributed by atoms with Crippen molar-refractivity contribution in [2.75, 3.05) is 23.1 Å². The predicted octanol–water partition coefficient (Wildman–Crippen LogP) is 2.54. The second kappa shape index (κ2) is 5.97. The fourth-order valence-corrected chi connectivity index (χ4v) is 1.77. The summed E-state index contributed by atoms with van der Waals surface area (Å²) < 4.78 is 0. The fraction of sp³-hybridized carbons (Fsp3) is 0.333. The summed E-state index contributed by atoms with van der Waals surface area (Å²) in [6.45, 7) is 6.15. The van der Waals surface area contributed by atoms with Crippen LogP contribution in [0.15, 0.2) is 36.7 Å². The van der Waals surface area contributed by atoms with Crippen molar-refractivity contribution in [3.8, 4) is 0 Å². The molecular formula is C15H22N6. The number of anilines is 4. The highest BCUT2D eigenvalue weighted by atomic mass is 15.4. The Morgan fingerprint density at radius 3 is 2.38 bits per heavy atom. The first-order valence-electron chi connectivity index (χ1n) is 6.81. The molecule has 0 saturated carbocycles. The summed E-state index contributed by atoms with van der Waals surface area (Å²) in [7, 11) is 1.93. The predicted molar refractivity (Wildman–Crippen MR) is 87.5 cm³/mol. The number of hydrogen-bond donors (Lipinski definition) is 3. The molecule has 0 atom stereocenters. The molecule has 0 bridgehead atoms. The number of aromatic nitrogens is 2. The van der Waals surface area contributed by atoms with E-state index in [4.69, 9.17) is 5.73 Å². The minimum atomic E-state index is -0.0944. The van der Waals surface area contributed by atoms with Crippen molar-refractivity contribution in [1.29, 1.82) is 0 Å². The monoisotopic (exact) mass is 286 g/mol. The summed E-state index contributed by atoms with van der Waals surface area (Å²) >= 11 is 0. The van der Waals surface area contributed by atoms with Gasteiger partial charge in [-0.2, -0.15) is 0 Å². The maximum absolute atomic E-state index is 6.18. The summed E-state index contributed by atoms with van der Waals surface area (Å²) in [6, 6.07) is 9.93. The van der Waals surface area contributed by atoms with Gasteiger partial charge in [0.1, 0.15) is 12.0 Å². The summed E-state index contributed by atoms with van der Waals surface area (Å²) in [6.07, 6.45) is 1.50. The molecule has 0 aliphatic heterocycles. The Kier molecular flexibility index (Phi) is 4.28. The van der Waals surface area contributed by atoms with Gasteiger partial charge in [0.15, 0.2) is 11.6 Å². The van der Waals surface area contributed by atoms with Gasteiger partial charge in [0.2, 0.25) is 0 Å². The van der Waals surface area contributed by atoms with Gasteiger partial charge in [0.25, 0.3) is 0 Å². The van der Waals surface area contributed by atoms with Crippen molar-refractivity contribution in [2.45, 2.75) is 26.3 Å². The van der Waals surface area contributed by atoms with Crippen molar-refractivity contribution < 1.29 is 0 Å². The van der Waals surface area contributed by atoms with Crippen molar-refractivity contribution in [3.05, 3.63) is 36.7 Å². The van der Waals surface area contributed by atoms with Crippen LogP contribution >= 0.6 is 0 Å². The molecule has 6 heteroatoms. The van der Waals surface area contributed by atoms with Gasteiger partial charge in [-0.3, -0.25) is 0 Å². The molecule has 0 spiro atoms. The lowest BCUT2D eigenvalue weighted by molar-refractivity contribution is 0.464. The second-order valence-electron chi connectivity index (χ2n) is 5.85. The fourth-order valence-electron chi connectivity index (χ4n) is 1.77. The zero-order valence-electron chi connectivity index (χ0n) is 12.9. The van der Waals surface area contributed by atoms with Crippen LogP contribution in [0.25, 0.3) is 0 Å². The van der Waals surface area contributed by atoms with E-state index in [2.05, 4.69) is 20.8 Å². The van der Waals surface area contributed by atoms with E-state index in [1.165, 1.54) is 6.33 Å². The van der Waals surface area contributed by atoms with Crippen LogP contribution in [0.2, 0.25) is 0 Å². The molecule has 0 aliphatic rings. The van der Waals surface area contributed by atoms with Crippen LogP contribution < -0.4 is 21.5 Å². The molecule has 0 unspecified atom stereocenters. The van der Waals surface area contributed by atoms with Crippen LogP contribution in [0.3, 0.4) is 0 Å². The number of rotatable bonds is 4. The third-order valence-corrected chi connectivity index (χ3v) is 2.88. The second-order valence-corrected chi connectivity index (χ2v) is 5.85. The molecule has 2 aromatic rings. The summed E-state index contributed by atoms with van der Waals surface area (Å²) in [4.78, 5) is 10.4. The molecule has 112 valence electrons. The number of hydrazine groups is 1. The Hall–Kier alpha value is -2.34. The number of hydrogen-bond acceptors (Lipinski definition) is 6. The molecule has 1 aromatic carbocycles. The standard InChI is InChI=1S/C15H22N6/c1-15(2,3)20-19-13-12(16)14(18-10-17-13)21(4)11-8-6-5-7-9-11/h5-10,20H,16H2,1-4H3,(H,17,18,19). The zero-order chi connectivity index (χ0) is 15.5. The van der Waals surface area contributed by atoms with Gasteiger partial charge in [0, 0.05) is 18.3 Å². The molecule has 2 rings (SSSR count). The number of nitrogens with two attached hydrogens (primary N) is 1. The normalized spacial score (nSPS) is 11.2. The molecule has 0 aliphatic carbocycles. The molecule has 1 aromatic heterocycles. The van der Waals surface area contributed by atoms with E-state index in [0.29, 0.717) is 17.3 Å². The number of nitrogens with one attached hydrogen (secondary N) is 2.